The summed E-state index contributed by atoms with van der Waals surface area (Å²) in [5.41, 5.74) is 3.70. The first-order valence-corrected chi connectivity index (χ1v) is 9.23. The normalized spacial score (nSPS) is 19.1. The molecule has 0 spiro atoms. The van der Waals surface area contributed by atoms with Crippen molar-refractivity contribution in [3.8, 4) is 0 Å². The second kappa shape index (κ2) is 7.40. The number of rotatable bonds is 4. The SMILES string of the molecule is COC(=O)C(C)N=C1NC(=S)N(c2ccc3[nH]cnc3c2)C1c1ccccc1. The first-order valence-electron chi connectivity index (χ1n) is 8.82. The number of aromatic nitrogens is 2. The molecule has 0 saturated carbocycles. The molecule has 8 heteroatoms. The van der Waals surface area contributed by atoms with Gasteiger partial charge in [-0.15, -0.1) is 0 Å². The number of hydrogen-bond donors (Lipinski definition) is 2. The van der Waals surface area contributed by atoms with E-state index >= 15 is 0 Å². The van der Waals surface area contributed by atoms with Crippen LogP contribution >= 0.6 is 12.2 Å². The average molecular weight is 393 g/mol. The molecule has 28 heavy (non-hydrogen) atoms. The number of nitrogens with zero attached hydrogens (tertiary/aromatic N) is 3. The predicted octanol–water partition coefficient (Wildman–Crippen LogP) is 2.96. The minimum Gasteiger partial charge on any atom is -0.467 e. The maximum atomic E-state index is 11.9. The number of hydrogen-bond acceptors (Lipinski definition) is 5. The molecule has 0 aliphatic carbocycles. The summed E-state index contributed by atoms with van der Waals surface area (Å²) in [5.74, 6) is 0.208. The Kier molecular flexibility index (Phi) is 4.79. The van der Waals surface area contributed by atoms with Gasteiger partial charge in [-0.1, -0.05) is 30.3 Å². The lowest BCUT2D eigenvalue weighted by Gasteiger charge is -2.25. The maximum absolute atomic E-state index is 11.9. The van der Waals surface area contributed by atoms with Gasteiger partial charge in [0.25, 0.3) is 0 Å². The number of carbonyl (C=O) groups excluding carboxylic acids is 1. The molecule has 2 aromatic carbocycles. The van der Waals surface area contributed by atoms with Crippen LogP contribution in [-0.2, 0) is 9.53 Å². The van der Waals surface area contributed by atoms with E-state index in [0.29, 0.717) is 10.9 Å². The van der Waals surface area contributed by atoms with Gasteiger partial charge < -0.3 is 19.9 Å². The molecule has 2 unspecified atom stereocenters. The third kappa shape index (κ3) is 3.22. The van der Waals surface area contributed by atoms with E-state index in [4.69, 9.17) is 17.0 Å². The van der Waals surface area contributed by atoms with Crippen LogP contribution in [0.2, 0.25) is 0 Å². The Bertz CT molecular complexity index is 1060. The van der Waals surface area contributed by atoms with Crippen LogP contribution in [0.3, 0.4) is 0 Å². The number of methoxy groups -OCH3 is 1. The third-order valence-electron chi connectivity index (χ3n) is 4.64. The number of nitrogens with one attached hydrogen (secondary N) is 2. The molecular weight excluding hydrogens is 374 g/mol. The van der Waals surface area contributed by atoms with Crippen LogP contribution in [0.1, 0.15) is 18.5 Å². The van der Waals surface area contributed by atoms with E-state index in [2.05, 4.69) is 20.3 Å². The summed E-state index contributed by atoms with van der Waals surface area (Å²) in [7, 11) is 1.35. The maximum Gasteiger partial charge on any atom is 0.330 e. The number of aliphatic imine (C=N–C) groups is 1. The molecule has 4 rings (SSSR count). The van der Waals surface area contributed by atoms with Crippen LogP contribution in [0.4, 0.5) is 5.69 Å². The van der Waals surface area contributed by atoms with Gasteiger partial charge in [-0.25, -0.2) is 9.78 Å². The highest BCUT2D eigenvalue weighted by molar-refractivity contribution is 7.80. The van der Waals surface area contributed by atoms with Crippen molar-refractivity contribution in [3.05, 3.63) is 60.4 Å². The Morgan fingerprint density at radius 2 is 2.07 bits per heavy atom. The van der Waals surface area contributed by atoms with Gasteiger partial charge >= 0.3 is 5.97 Å². The molecular formula is C20H19N5O2S. The summed E-state index contributed by atoms with van der Waals surface area (Å²) in [5, 5.41) is 3.69. The van der Waals surface area contributed by atoms with Crippen molar-refractivity contribution in [2.24, 2.45) is 4.99 Å². The van der Waals surface area contributed by atoms with Crippen LogP contribution < -0.4 is 10.2 Å². The van der Waals surface area contributed by atoms with Gasteiger partial charge in [-0.2, -0.15) is 0 Å². The van der Waals surface area contributed by atoms with E-state index < -0.39 is 12.0 Å². The van der Waals surface area contributed by atoms with Crippen molar-refractivity contribution in [2.45, 2.75) is 19.0 Å². The quantitative estimate of drug-likeness (QED) is 0.524. The minimum atomic E-state index is -0.643. The van der Waals surface area contributed by atoms with Crippen molar-refractivity contribution in [1.82, 2.24) is 15.3 Å². The van der Waals surface area contributed by atoms with Gasteiger partial charge in [0, 0.05) is 5.69 Å². The zero-order valence-corrected chi connectivity index (χ0v) is 16.2. The van der Waals surface area contributed by atoms with E-state index in [-0.39, 0.29) is 6.04 Å². The summed E-state index contributed by atoms with van der Waals surface area (Å²) in [6.07, 6.45) is 1.66. The number of esters is 1. The number of carbonyl (C=O) groups is 1. The third-order valence-corrected chi connectivity index (χ3v) is 4.94. The number of aromatic amines is 1. The molecule has 1 aromatic heterocycles. The second-order valence-electron chi connectivity index (χ2n) is 6.43. The Morgan fingerprint density at radius 1 is 1.29 bits per heavy atom. The van der Waals surface area contributed by atoms with Crippen LogP contribution in [0.15, 0.2) is 59.9 Å². The molecule has 2 N–H and O–H groups in total. The molecule has 2 atom stereocenters. The highest BCUT2D eigenvalue weighted by Gasteiger charge is 2.37. The molecule has 7 nitrogen and oxygen atoms in total. The summed E-state index contributed by atoms with van der Waals surface area (Å²) >= 11 is 5.62. The molecule has 1 saturated heterocycles. The number of ether oxygens (including phenoxy) is 1. The van der Waals surface area contributed by atoms with Crippen molar-refractivity contribution < 1.29 is 9.53 Å². The van der Waals surface area contributed by atoms with Gasteiger partial charge in [0.2, 0.25) is 0 Å². The lowest BCUT2D eigenvalue weighted by molar-refractivity contribution is -0.141. The largest absolute Gasteiger partial charge is 0.467 e. The van der Waals surface area contributed by atoms with Gasteiger partial charge in [-0.05, 0) is 42.9 Å². The van der Waals surface area contributed by atoms with E-state index in [1.165, 1.54) is 7.11 Å². The van der Waals surface area contributed by atoms with Gasteiger partial charge in [0.1, 0.15) is 17.9 Å². The predicted molar refractivity (Wildman–Crippen MR) is 112 cm³/mol. The Hall–Kier alpha value is -3.26. The van der Waals surface area contributed by atoms with E-state index in [1.54, 1.807) is 13.3 Å². The van der Waals surface area contributed by atoms with Crippen molar-refractivity contribution in [1.29, 1.82) is 0 Å². The number of anilines is 1. The van der Waals surface area contributed by atoms with E-state index in [1.807, 2.05) is 53.4 Å². The topological polar surface area (TPSA) is 82.6 Å². The van der Waals surface area contributed by atoms with Crippen LogP contribution in [0.5, 0.6) is 0 Å². The smallest absolute Gasteiger partial charge is 0.330 e. The monoisotopic (exact) mass is 393 g/mol. The average Bonchev–Trinajstić information content (AvgIpc) is 3.31. The Morgan fingerprint density at radius 3 is 2.82 bits per heavy atom. The molecule has 2 heterocycles. The fourth-order valence-corrected chi connectivity index (χ4v) is 3.61. The first kappa shape index (κ1) is 18.1. The summed E-state index contributed by atoms with van der Waals surface area (Å²) in [6.45, 7) is 1.70. The minimum absolute atomic E-state index is 0.280. The van der Waals surface area contributed by atoms with Gasteiger partial charge in [-0.3, -0.25) is 4.99 Å². The van der Waals surface area contributed by atoms with E-state index in [9.17, 15) is 4.79 Å². The second-order valence-corrected chi connectivity index (χ2v) is 6.82. The zero-order valence-electron chi connectivity index (χ0n) is 15.4. The lowest BCUT2D eigenvalue weighted by Crippen LogP contribution is -2.29. The van der Waals surface area contributed by atoms with Gasteiger partial charge in [0.05, 0.1) is 24.5 Å². The van der Waals surface area contributed by atoms with Crippen molar-refractivity contribution in [3.63, 3.8) is 0 Å². The fraction of sp³-hybridized carbons (Fsp3) is 0.200. The van der Waals surface area contributed by atoms with Gasteiger partial charge in [0.15, 0.2) is 5.11 Å². The standard InChI is InChI=1S/C20H19N5O2S/c1-12(19(26)27-2)23-18-17(13-6-4-3-5-7-13)25(20(28)24-18)14-8-9-15-16(10-14)22-11-21-15/h3-12,17H,1-2H3,(H,21,22)(H,23,24,28). The first-order chi connectivity index (χ1) is 13.6. The molecule has 1 aliphatic heterocycles. The van der Waals surface area contributed by atoms with Crippen molar-refractivity contribution in [2.75, 3.05) is 12.0 Å². The Balaban J connectivity index is 1.80. The number of H-pyrrole nitrogens is 1. The lowest BCUT2D eigenvalue weighted by atomic mass is 10.0. The fourth-order valence-electron chi connectivity index (χ4n) is 3.29. The number of fused-ring (bicyclic) bond motifs is 1. The molecule has 0 bridgehead atoms. The number of amidine groups is 1. The molecule has 1 fully saturated rings. The molecule has 142 valence electrons. The summed E-state index contributed by atoms with van der Waals surface area (Å²) in [6, 6.07) is 14.9. The number of imidazole rings is 1. The van der Waals surface area contributed by atoms with Crippen LogP contribution in [0.25, 0.3) is 11.0 Å². The highest BCUT2D eigenvalue weighted by Crippen LogP contribution is 2.33. The molecule has 3 aromatic rings. The number of thiocarbonyl (C=S) groups is 1. The highest BCUT2D eigenvalue weighted by atomic mass is 32.1. The summed E-state index contributed by atoms with van der Waals surface area (Å²) in [4.78, 5) is 25.9. The molecule has 0 radical (unpaired) electrons. The van der Waals surface area contributed by atoms with Crippen LogP contribution in [0, 0.1) is 0 Å². The van der Waals surface area contributed by atoms with E-state index in [0.717, 1.165) is 22.3 Å². The molecule has 1 aliphatic rings. The zero-order chi connectivity index (χ0) is 19.7. The number of benzene rings is 2. The molecule has 0 amide bonds. The Labute approximate surface area is 167 Å². The summed E-state index contributed by atoms with van der Waals surface area (Å²) < 4.78 is 4.81. The van der Waals surface area contributed by atoms with Crippen molar-refractivity contribution >= 4 is 45.9 Å². The van der Waals surface area contributed by atoms with Crippen LogP contribution in [-0.4, -0.2) is 40.0 Å².